The average Bonchev–Trinajstić information content (AvgIpc) is 2.81. The maximum absolute atomic E-state index is 13.9. The summed E-state index contributed by atoms with van der Waals surface area (Å²) in [4.78, 5) is 32.7. The van der Waals surface area contributed by atoms with Gasteiger partial charge in [-0.25, -0.2) is 18.1 Å². The van der Waals surface area contributed by atoms with Gasteiger partial charge in [0.15, 0.2) is 0 Å². The molecule has 0 bridgehead atoms. The van der Waals surface area contributed by atoms with Gasteiger partial charge >= 0.3 is 5.69 Å². The van der Waals surface area contributed by atoms with E-state index in [1.165, 1.54) is 29.4 Å². The molecular formula is C23H17ClF2N6O2. The van der Waals surface area contributed by atoms with Crippen molar-refractivity contribution in [1.82, 2.24) is 14.1 Å². The van der Waals surface area contributed by atoms with Crippen LogP contribution in [0.15, 0.2) is 52.3 Å². The van der Waals surface area contributed by atoms with Gasteiger partial charge in [0.2, 0.25) is 0 Å². The third kappa shape index (κ3) is 4.28. The van der Waals surface area contributed by atoms with Crippen molar-refractivity contribution in [2.75, 3.05) is 18.0 Å². The lowest BCUT2D eigenvalue weighted by atomic mass is 10.0. The summed E-state index contributed by atoms with van der Waals surface area (Å²) in [6.45, 7) is -0.670. The van der Waals surface area contributed by atoms with E-state index in [0.29, 0.717) is 5.56 Å². The molecule has 0 saturated carbocycles. The largest absolute Gasteiger partial charge is 0.357 e. The second-order valence-electron chi connectivity index (χ2n) is 7.76. The Morgan fingerprint density at radius 1 is 1.12 bits per heavy atom. The lowest BCUT2D eigenvalue weighted by Crippen LogP contribution is -2.47. The number of anilines is 1. The van der Waals surface area contributed by atoms with Crippen molar-refractivity contribution >= 4 is 17.4 Å². The summed E-state index contributed by atoms with van der Waals surface area (Å²) in [5.41, 5.74) is -0.900. The minimum Gasteiger partial charge on any atom is -0.357 e. The molecule has 1 aliphatic heterocycles. The minimum atomic E-state index is -2.86. The molecule has 8 nitrogen and oxygen atoms in total. The predicted molar refractivity (Wildman–Crippen MR) is 121 cm³/mol. The normalized spacial score (nSPS) is 14.9. The average molecular weight is 483 g/mol. The number of hydrogen-bond donors (Lipinski definition) is 0. The van der Waals surface area contributed by atoms with Crippen LogP contribution in [0.3, 0.4) is 0 Å². The standard InChI is InChI=1S/C23H17ClF2N6O2/c24-17-11-18(14-29-13-17)32-21(33)19(16-3-1-2-15(10-16)12-28)20(31(9-6-27)22(32)34)30-7-4-23(25,26)5-8-30/h1-3,10-11,13-14H,4-5,7-9H2. The first-order chi connectivity index (χ1) is 16.3. The van der Waals surface area contributed by atoms with Crippen LogP contribution in [0.5, 0.6) is 0 Å². The number of hydrogen-bond acceptors (Lipinski definition) is 6. The van der Waals surface area contributed by atoms with Crippen LogP contribution in [0.4, 0.5) is 14.6 Å². The minimum absolute atomic E-state index is 0.0112. The van der Waals surface area contributed by atoms with Crippen LogP contribution in [0.25, 0.3) is 16.8 Å². The van der Waals surface area contributed by atoms with Gasteiger partial charge in [-0.1, -0.05) is 23.7 Å². The summed E-state index contributed by atoms with van der Waals surface area (Å²) >= 11 is 6.02. The zero-order valence-corrected chi connectivity index (χ0v) is 18.5. The van der Waals surface area contributed by atoms with Crippen molar-refractivity contribution in [2.45, 2.75) is 25.3 Å². The van der Waals surface area contributed by atoms with Crippen LogP contribution in [0.2, 0.25) is 5.02 Å². The summed E-state index contributed by atoms with van der Waals surface area (Å²) in [7, 11) is 0. The molecule has 34 heavy (non-hydrogen) atoms. The zero-order valence-electron chi connectivity index (χ0n) is 17.7. The molecule has 1 aromatic carbocycles. The highest BCUT2D eigenvalue weighted by Gasteiger charge is 2.36. The van der Waals surface area contributed by atoms with Crippen LogP contribution < -0.4 is 16.1 Å². The van der Waals surface area contributed by atoms with E-state index in [1.54, 1.807) is 18.2 Å². The summed E-state index contributed by atoms with van der Waals surface area (Å²) in [5.74, 6) is -2.80. The Balaban J connectivity index is 2.09. The molecule has 0 radical (unpaired) electrons. The fraction of sp³-hybridized carbons (Fsp3) is 0.261. The molecule has 3 heterocycles. The van der Waals surface area contributed by atoms with Crippen molar-refractivity contribution in [3.63, 3.8) is 0 Å². The molecule has 3 aromatic rings. The van der Waals surface area contributed by atoms with E-state index in [9.17, 15) is 28.9 Å². The second-order valence-corrected chi connectivity index (χ2v) is 8.20. The number of nitriles is 2. The van der Waals surface area contributed by atoms with E-state index in [0.717, 1.165) is 9.13 Å². The fourth-order valence-electron chi connectivity index (χ4n) is 3.98. The molecule has 11 heteroatoms. The van der Waals surface area contributed by atoms with E-state index >= 15 is 0 Å². The molecule has 1 saturated heterocycles. The van der Waals surface area contributed by atoms with E-state index in [-0.39, 0.29) is 40.7 Å². The SMILES string of the molecule is N#CCn1c(N2CCC(F)(F)CC2)c(-c2cccc(C#N)c2)c(=O)n(-c2cncc(Cl)c2)c1=O. The third-order valence-corrected chi connectivity index (χ3v) is 5.78. The van der Waals surface area contributed by atoms with E-state index in [1.807, 2.05) is 12.1 Å². The molecule has 0 aliphatic carbocycles. The molecule has 0 unspecified atom stereocenters. The number of pyridine rings is 1. The van der Waals surface area contributed by atoms with Gasteiger partial charge in [-0.15, -0.1) is 0 Å². The lowest BCUT2D eigenvalue weighted by Gasteiger charge is -2.35. The molecule has 0 N–H and O–H groups in total. The van der Waals surface area contributed by atoms with Crippen LogP contribution in [0.1, 0.15) is 18.4 Å². The Labute approximate surface area is 197 Å². The Hall–Kier alpha value is -4.02. The number of benzene rings is 1. The summed E-state index contributed by atoms with van der Waals surface area (Å²) in [6, 6.07) is 11.5. The smallest absolute Gasteiger partial charge is 0.338 e. The molecule has 4 rings (SSSR count). The molecule has 0 atom stereocenters. The predicted octanol–water partition coefficient (Wildman–Crippen LogP) is 3.35. The van der Waals surface area contributed by atoms with Gasteiger partial charge in [-0.3, -0.25) is 14.3 Å². The Morgan fingerprint density at radius 2 is 1.85 bits per heavy atom. The van der Waals surface area contributed by atoms with Crippen LogP contribution in [-0.2, 0) is 6.54 Å². The molecule has 1 aliphatic rings. The molecule has 172 valence electrons. The van der Waals surface area contributed by atoms with Crippen molar-refractivity contribution in [2.24, 2.45) is 0 Å². The van der Waals surface area contributed by atoms with Crippen LogP contribution >= 0.6 is 11.6 Å². The highest BCUT2D eigenvalue weighted by Crippen LogP contribution is 2.34. The molecule has 0 spiro atoms. The van der Waals surface area contributed by atoms with Gasteiger partial charge < -0.3 is 4.90 Å². The molecule has 0 amide bonds. The summed E-state index contributed by atoms with van der Waals surface area (Å²) in [5, 5.41) is 19.0. The number of piperidine rings is 1. The summed E-state index contributed by atoms with van der Waals surface area (Å²) < 4.78 is 29.7. The topological polar surface area (TPSA) is 108 Å². The van der Waals surface area contributed by atoms with E-state index < -0.39 is 36.6 Å². The number of rotatable bonds is 4. The quantitative estimate of drug-likeness (QED) is 0.564. The van der Waals surface area contributed by atoms with Gasteiger partial charge in [0.25, 0.3) is 11.5 Å². The van der Waals surface area contributed by atoms with Gasteiger partial charge in [0.05, 0.1) is 40.2 Å². The van der Waals surface area contributed by atoms with Gasteiger partial charge in [-0.05, 0) is 23.8 Å². The Morgan fingerprint density at radius 3 is 2.50 bits per heavy atom. The number of nitrogens with zero attached hydrogens (tertiary/aromatic N) is 6. The van der Waals surface area contributed by atoms with Crippen molar-refractivity contribution in [3.8, 4) is 29.0 Å². The number of alkyl halides is 2. The Kier molecular flexibility index (Phi) is 6.18. The first kappa shape index (κ1) is 23.1. The van der Waals surface area contributed by atoms with Crippen molar-refractivity contribution in [3.05, 3.63) is 74.1 Å². The van der Waals surface area contributed by atoms with E-state index in [4.69, 9.17) is 11.6 Å². The van der Waals surface area contributed by atoms with Crippen molar-refractivity contribution in [1.29, 1.82) is 10.5 Å². The monoisotopic (exact) mass is 482 g/mol. The number of halogens is 3. The third-order valence-electron chi connectivity index (χ3n) is 5.57. The van der Waals surface area contributed by atoms with Crippen molar-refractivity contribution < 1.29 is 8.78 Å². The van der Waals surface area contributed by atoms with Crippen LogP contribution in [-0.4, -0.2) is 33.1 Å². The highest BCUT2D eigenvalue weighted by molar-refractivity contribution is 6.30. The second kappa shape index (κ2) is 9.08. The fourth-order valence-corrected chi connectivity index (χ4v) is 4.14. The van der Waals surface area contributed by atoms with Gasteiger partial charge in [0, 0.05) is 32.1 Å². The Bertz CT molecular complexity index is 1460. The van der Waals surface area contributed by atoms with E-state index in [2.05, 4.69) is 4.98 Å². The van der Waals surface area contributed by atoms with Crippen LogP contribution in [0, 0.1) is 22.7 Å². The molecule has 2 aromatic heterocycles. The maximum Gasteiger partial charge on any atom is 0.338 e. The lowest BCUT2D eigenvalue weighted by molar-refractivity contribution is -0.0222. The zero-order chi connectivity index (χ0) is 24.5. The summed E-state index contributed by atoms with van der Waals surface area (Å²) in [6.07, 6.45) is 1.69. The maximum atomic E-state index is 13.9. The number of aromatic nitrogens is 3. The first-order valence-electron chi connectivity index (χ1n) is 10.3. The first-order valence-corrected chi connectivity index (χ1v) is 10.6. The highest BCUT2D eigenvalue weighted by atomic mass is 35.5. The van der Waals surface area contributed by atoms with Gasteiger partial charge in [0.1, 0.15) is 12.4 Å². The van der Waals surface area contributed by atoms with Gasteiger partial charge in [-0.2, -0.15) is 10.5 Å². The molecular weight excluding hydrogens is 466 g/mol. The molecule has 1 fully saturated rings.